The van der Waals surface area contributed by atoms with Crippen molar-refractivity contribution in [1.29, 1.82) is 0 Å². The molecule has 0 bridgehead atoms. The molecular formula is C32H29IN2O5S. The van der Waals surface area contributed by atoms with E-state index in [-0.39, 0.29) is 5.56 Å². The highest BCUT2D eigenvalue weighted by Gasteiger charge is 2.33. The predicted octanol–water partition coefficient (Wildman–Crippen LogP) is 5.38. The van der Waals surface area contributed by atoms with Gasteiger partial charge in [0.25, 0.3) is 5.56 Å². The lowest BCUT2D eigenvalue weighted by molar-refractivity contribution is -0.136. The van der Waals surface area contributed by atoms with Gasteiger partial charge in [0.15, 0.2) is 16.3 Å². The molecule has 0 radical (unpaired) electrons. The lowest BCUT2D eigenvalue weighted by Gasteiger charge is -2.25. The number of halogens is 1. The van der Waals surface area contributed by atoms with E-state index >= 15 is 0 Å². The minimum absolute atomic E-state index is 0.226. The Morgan fingerprint density at radius 3 is 2.46 bits per heavy atom. The molecule has 9 heteroatoms. The third kappa shape index (κ3) is 6.15. The molecule has 3 aromatic carbocycles. The first-order chi connectivity index (χ1) is 19.9. The van der Waals surface area contributed by atoms with Crippen LogP contribution in [0.3, 0.4) is 0 Å². The molecule has 0 spiro atoms. The van der Waals surface area contributed by atoms with E-state index in [2.05, 4.69) is 22.6 Å². The Bertz CT molecular complexity index is 1780. The van der Waals surface area contributed by atoms with E-state index in [4.69, 9.17) is 19.2 Å². The largest absolute Gasteiger partial charge is 0.490 e. The number of methoxy groups -OCH3 is 1. The Labute approximate surface area is 255 Å². The molecule has 2 heterocycles. The maximum absolute atomic E-state index is 13.9. The minimum atomic E-state index is -0.631. The van der Waals surface area contributed by atoms with Crippen LogP contribution in [-0.4, -0.2) is 24.3 Å². The Hall–Kier alpha value is -3.70. The van der Waals surface area contributed by atoms with Gasteiger partial charge in [-0.2, -0.15) is 0 Å². The summed E-state index contributed by atoms with van der Waals surface area (Å²) in [7, 11) is 1.35. The summed E-state index contributed by atoms with van der Waals surface area (Å²) in [6, 6.07) is 22.7. The van der Waals surface area contributed by atoms with Crippen molar-refractivity contribution in [3.05, 3.63) is 124 Å². The second kappa shape index (κ2) is 12.9. The summed E-state index contributed by atoms with van der Waals surface area (Å²) >= 11 is 3.57. The topological polar surface area (TPSA) is 79.1 Å². The van der Waals surface area contributed by atoms with Crippen LogP contribution in [0.2, 0.25) is 0 Å². The second-order valence-corrected chi connectivity index (χ2v) is 11.5. The van der Waals surface area contributed by atoms with Crippen molar-refractivity contribution in [3.8, 4) is 11.5 Å². The number of ether oxygens (including phenoxy) is 3. The maximum atomic E-state index is 13.9. The van der Waals surface area contributed by atoms with Crippen LogP contribution in [0.5, 0.6) is 11.5 Å². The number of hydrogen-bond acceptors (Lipinski definition) is 7. The van der Waals surface area contributed by atoms with Gasteiger partial charge in [-0.15, -0.1) is 0 Å². The van der Waals surface area contributed by atoms with Gasteiger partial charge in [0.1, 0.15) is 6.61 Å². The first-order valence-electron chi connectivity index (χ1n) is 13.3. The zero-order chi connectivity index (χ0) is 28.9. The van der Waals surface area contributed by atoms with Crippen molar-refractivity contribution < 1.29 is 19.0 Å². The molecule has 1 atom stereocenters. The summed E-state index contributed by atoms with van der Waals surface area (Å²) in [4.78, 5) is 32.1. The van der Waals surface area contributed by atoms with E-state index in [9.17, 15) is 9.59 Å². The molecule has 7 nitrogen and oxygen atoms in total. The fourth-order valence-corrected chi connectivity index (χ4v) is 6.09. The van der Waals surface area contributed by atoms with Crippen molar-refractivity contribution in [2.45, 2.75) is 32.9 Å². The molecule has 0 unspecified atom stereocenters. The average molecular weight is 681 g/mol. The van der Waals surface area contributed by atoms with Crippen LogP contribution in [0, 0.1) is 3.57 Å². The normalized spacial score (nSPS) is 14.8. The van der Waals surface area contributed by atoms with Gasteiger partial charge in [-0.3, -0.25) is 9.36 Å². The summed E-state index contributed by atoms with van der Waals surface area (Å²) in [6.07, 6.45) is 2.35. The third-order valence-corrected chi connectivity index (χ3v) is 8.34. The van der Waals surface area contributed by atoms with E-state index in [1.54, 1.807) is 4.57 Å². The van der Waals surface area contributed by atoms with Gasteiger partial charge >= 0.3 is 5.97 Å². The molecule has 0 amide bonds. The van der Waals surface area contributed by atoms with Gasteiger partial charge in [0.05, 0.1) is 35.6 Å². The summed E-state index contributed by atoms with van der Waals surface area (Å²) in [6.45, 7) is 4.74. The Kier molecular flexibility index (Phi) is 9.04. The number of carbonyl (C=O) groups is 1. The maximum Gasteiger partial charge on any atom is 0.338 e. The van der Waals surface area contributed by atoms with Crippen molar-refractivity contribution in [2.75, 3.05) is 13.7 Å². The zero-order valence-electron chi connectivity index (χ0n) is 22.9. The predicted molar refractivity (Wildman–Crippen MR) is 168 cm³/mol. The van der Waals surface area contributed by atoms with E-state index in [1.807, 2.05) is 92.7 Å². The van der Waals surface area contributed by atoms with Crippen molar-refractivity contribution in [1.82, 2.24) is 4.57 Å². The van der Waals surface area contributed by atoms with Gasteiger partial charge in [-0.05, 0) is 83.0 Å². The number of fused-ring (bicyclic) bond motifs is 1. The molecule has 4 aromatic rings. The number of nitrogens with zero attached hydrogens (tertiary/aromatic N) is 2. The van der Waals surface area contributed by atoms with E-state index in [0.29, 0.717) is 51.7 Å². The van der Waals surface area contributed by atoms with Gasteiger partial charge in [0, 0.05) is 3.57 Å². The van der Waals surface area contributed by atoms with Gasteiger partial charge in [0.2, 0.25) is 0 Å². The number of esters is 1. The standard InChI is InChI=1S/C32H29IN2O5S/c1-4-24-28(31(37)38-3)29(22-9-7-6-8-10-22)35-30(36)27(41-32(35)34-24)18-21-13-16-25(26(17-21)39-5-2)40-19-20-11-14-23(33)15-12-20/h6-18,29H,4-5,19H2,1-3H3/b27-18-/t29-/m0/s1. The van der Waals surface area contributed by atoms with Gasteiger partial charge in [-0.25, -0.2) is 9.79 Å². The fourth-order valence-electron chi connectivity index (χ4n) is 4.71. The van der Waals surface area contributed by atoms with Crippen LogP contribution in [0.4, 0.5) is 0 Å². The van der Waals surface area contributed by atoms with E-state index in [1.165, 1.54) is 22.0 Å². The van der Waals surface area contributed by atoms with Crippen LogP contribution in [0.1, 0.15) is 43.0 Å². The monoisotopic (exact) mass is 680 g/mol. The van der Waals surface area contributed by atoms with Crippen LogP contribution >= 0.6 is 33.9 Å². The molecule has 5 rings (SSSR count). The van der Waals surface area contributed by atoms with Crippen molar-refractivity contribution in [3.63, 3.8) is 0 Å². The number of rotatable bonds is 9. The summed E-state index contributed by atoms with van der Waals surface area (Å²) in [5.74, 6) is 0.738. The number of hydrogen-bond donors (Lipinski definition) is 0. The van der Waals surface area contributed by atoms with Crippen molar-refractivity contribution >= 4 is 46.0 Å². The molecule has 41 heavy (non-hydrogen) atoms. The number of benzene rings is 3. The SMILES string of the molecule is CCOc1cc(/C=c2\sc3n(c2=O)[C@@H](c2ccccc2)C(C(=O)OC)=C(CC)N=3)ccc1OCc1ccc(I)cc1. The molecule has 0 fully saturated rings. The molecule has 0 aliphatic carbocycles. The molecule has 0 N–H and O–H groups in total. The van der Waals surface area contributed by atoms with Gasteiger partial charge < -0.3 is 14.2 Å². The van der Waals surface area contributed by atoms with Crippen molar-refractivity contribution in [2.24, 2.45) is 4.99 Å². The highest BCUT2D eigenvalue weighted by atomic mass is 127. The summed E-state index contributed by atoms with van der Waals surface area (Å²) in [5, 5.41) is 0. The number of thiazole rings is 1. The smallest absolute Gasteiger partial charge is 0.338 e. The zero-order valence-corrected chi connectivity index (χ0v) is 25.9. The number of carbonyl (C=O) groups excluding carboxylic acids is 1. The van der Waals surface area contributed by atoms with E-state index < -0.39 is 12.0 Å². The fraction of sp³-hybridized carbons (Fsp3) is 0.219. The Morgan fingerprint density at radius 2 is 1.78 bits per heavy atom. The Morgan fingerprint density at radius 1 is 1.02 bits per heavy atom. The van der Waals surface area contributed by atoms with E-state index in [0.717, 1.165) is 16.7 Å². The molecule has 1 aliphatic heterocycles. The molecule has 0 saturated carbocycles. The van der Waals surface area contributed by atoms with Crippen LogP contribution in [0.15, 0.2) is 93.9 Å². The molecule has 1 aliphatic rings. The molecule has 210 valence electrons. The first kappa shape index (κ1) is 28.8. The van der Waals surface area contributed by atoms with Crippen LogP contribution < -0.4 is 24.4 Å². The summed E-state index contributed by atoms with van der Waals surface area (Å²) in [5.41, 5.74) is 3.44. The molecule has 1 aromatic heterocycles. The first-order valence-corrected chi connectivity index (χ1v) is 15.1. The lowest BCUT2D eigenvalue weighted by atomic mass is 9.95. The number of aromatic nitrogens is 1. The molecular weight excluding hydrogens is 651 g/mol. The van der Waals surface area contributed by atoms with Gasteiger partial charge in [-0.1, -0.05) is 66.8 Å². The summed E-state index contributed by atoms with van der Waals surface area (Å²) < 4.78 is 20.4. The van der Waals surface area contributed by atoms with Crippen LogP contribution in [0.25, 0.3) is 6.08 Å². The highest BCUT2D eigenvalue weighted by molar-refractivity contribution is 14.1. The molecule has 0 saturated heterocycles. The Balaban J connectivity index is 1.56. The van der Waals surface area contributed by atoms with Crippen LogP contribution in [-0.2, 0) is 16.1 Å². The third-order valence-electron chi connectivity index (χ3n) is 6.64. The lowest BCUT2D eigenvalue weighted by Crippen LogP contribution is -2.40. The second-order valence-electron chi connectivity index (χ2n) is 9.25. The highest BCUT2D eigenvalue weighted by Crippen LogP contribution is 2.32. The average Bonchev–Trinajstić information content (AvgIpc) is 3.30. The quantitative estimate of drug-likeness (QED) is 0.175. The number of allylic oxidation sites excluding steroid dienone is 1. The minimum Gasteiger partial charge on any atom is -0.490 e.